The lowest BCUT2D eigenvalue weighted by Gasteiger charge is -2.15. The molecule has 0 saturated carbocycles. The fourth-order valence-corrected chi connectivity index (χ4v) is 2.55. The number of aromatic amines is 1. The van der Waals surface area contributed by atoms with Gasteiger partial charge in [-0.25, -0.2) is 9.78 Å². The number of hydrogen-bond acceptors (Lipinski definition) is 4. The van der Waals surface area contributed by atoms with Crippen LogP contribution >= 0.6 is 11.6 Å². The monoisotopic (exact) mass is 282 g/mol. The number of aromatic nitrogens is 3. The second-order valence-corrected chi connectivity index (χ2v) is 4.75. The van der Waals surface area contributed by atoms with Crippen LogP contribution in [-0.4, -0.2) is 14.5 Å². The number of rotatable bonds is 5. The van der Waals surface area contributed by atoms with E-state index in [0.29, 0.717) is 21.7 Å². The Balaban J connectivity index is 2.82. The summed E-state index contributed by atoms with van der Waals surface area (Å²) in [7, 11) is 0. The van der Waals surface area contributed by atoms with E-state index in [1.165, 1.54) is 6.20 Å². The van der Waals surface area contributed by atoms with Crippen molar-refractivity contribution < 1.29 is 0 Å². The van der Waals surface area contributed by atoms with Crippen LogP contribution in [0.15, 0.2) is 16.2 Å². The van der Waals surface area contributed by atoms with Gasteiger partial charge in [-0.2, -0.15) is 4.91 Å². The molecule has 2 heterocycles. The molecule has 0 radical (unpaired) electrons. The van der Waals surface area contributed by atoms with Gasteiger partial charge in [-0.3, -0.25) is 9.55 Å². The molecule has 2 aromatic heterocycles. The zero-order valence-corrected chi connectivity index (χ0v) is 11.6. The van der Waals surface area contributed by atoms with Gasteiger partial charge in [-0.15, -0.1) is 0 Å². The zero-order chi connectivity index (χ0) is 14.0. The Bertz CT molecular complexity index is 658. The van der Waals surface area contributed by atoms with E-state index in [-0.39, 0.29) is 18.3 Å². The topological polar surface area (TPSA) is 80.1 Å². The predicted molar refractivity (Wildman–Crippen MR) is 74.5 cm³/mol. The van der Waals surface area contributed by atoms with Gasteiger partial charge in [0.1, 0.15) is 6.54 Å². The van der Waals surface area contributed by atoms with Crippen molar-refractivity contribution in [1.82, 2.24) is 14.5 Å². The SMILES string of the molecule is CCC(CC)n1c(=O)[nH]c2ncc(Cl)c(CN=O)c21. The van der Waals surface area contributed by atoms with Crippen molar-refractivity contribution >= 4 is 22.8 Å². The summed E-state index contributed by atoms with van der Waals surface area (Å²) in [5, 5.41) is 3.24. The van der Waals surface area contributed by atoms with Crippen LogP contribution in [0.25, 0.3) is 11.2 Å². The van der Waals surface area contributed by atoms with Gasteiger partial charge >= 0.3 is 5.69 Å². The molecule has 0 aromatic carbocycles. The minimum Gasteiger partial charge on any atom is -0.290 e. The highest BCUT2D eigenvalue weighted by Gasteiger charge is 2.19. The summed E-state index contributed by atoms with van der Waals surface area (Å²) >= 11 is 6.06. The van der Waals surface area contributed by atoms with Gasteiger partial charge in [0.25, 0.3) is 0 Å². The largest absolute Gasteiger partial charge is 0.327 e. The normalized spacial score (nSPS) is 11.4. The van der Waals surface area contributed by atoms with E-state index in [9.17, 15) is 9.70 Å². The Hall–Kier alpha value is -1.69. The van der Waals surface area contributed by atoms with E-state index in [4.69, 9.17) is 11.6 Å². The van der Waals surface area contributed by atoms with Crippen LogP contribution in [0.4, 0.5) is 0 Å². The highest BCUT2D eigenvalue weighted by Crippen LogP contribution is 2.27. The van der Waals surface area contributed by atoms with Crippen LogP contribution in [0, 0.1) is 4.91 Å². The third-order valence-corrected chi connectivity index (χ3v) is 3.65. The van der Waals surface area contributed by atoms with Gasteiger partial charge < -0.3 is 0 Å². The molecular formula is C12H15ClN4O2. The molecule has 0 fully saturated rings. The molecule has 1 N–H and O–H groups in total. The van der Waals surface area contributed by atoms with E-state index < -0.39 is 0 Å². The molecule has 19 heavy (non-hydrogen) atoms. The van der Waals surface area contributed by atoms with Crippen LogP contribution in [0.5, 0.6) is 0 Å². The molecule has 0 aliphatic rings. The smallest absolute Gasteiger partial charge is 0.290 e. The molecule has 0 amide bonds. The average molecular weight is 283 g/mol. The Morgan fingerprint density at radius 1 is 1.47 bits per heavy atom. The average Bonchev–Trinajstić information content (AvgIpc) is 2.72. The fourth-order valence-electron chi connectivity index (χ4n) is 2.35. The van der Waals surface area contributed by atoms with E-state index in [0.717, 1.165) is 12.8 Å². The van der Waals surface area contributed by atoms with E-state index in [1.807, 2.05) is 13.8 Å². The molecule has 0 aliphatic carbocycles. The maximum absolute atomic E-state index is 12.1. The molecule has 6 nitrogen and oxygen atoms in total. The van der Waals surface area contributed by atoms with Crippen LogP contribution < -0.4 is 5.69 Å². The van der Waals surface area contributed by atoms with Gasteiger partial charge in [0.15, 0.2) is 5.65 Å². The third kappa shape index (κ3) is 2.28. The summed E-state index contributed by atoms with van der Waals surface area (Å²) in [6.07, 6.45) is 3.05. The van der Waals surface area contributed by atoms with Crippen molar-refractivity contribution in [2.24, 2.45) is 5.18 Å². The van der Waals surface area contributed by atoms with Gasteiger partial charge in [0.05, 0.1) is 10.5 Å². The first kappa shape index (κ1) is 13.7. The number of nitrogens with one attached hydrogen (secondary N) is 1. The third-order valence-electron chi connectivity index (χ3n) is 3.32. The van der Waals surface area contributed by atoms with Crippen LogP contribution in [0.3, 0.4) is 0 Å². The zero-order valence-electron chi connectivity index (χ0n) is 10.8. The Morgan fingerprint density at radius 2 is 2.16 bits per heavy atom. The number of H-pyrrole nitrogens is 1. The lowest BCUT2D eigenvalue weighted by molar-refractivity contribution is 0.471. The Kier molecular flexibility index (Phi) is 3.99. The second kappa shape index (κ2) is 5.52. The maximum Gasteiger partial charge on any atom is 0.327 e. The number of nitroso groups, excluding NO2 is 1. The highest BCUT2D eigenvalue weighted by atomic mass is 35.5. The van der Waals surface area contributed by atoms with Crippen molar-refractivity contribution in [3.05, 3.63) is 32.2 Å². The van der Waals surface area contributed by atoms with Crippen LogP contribution in [0.2, 0.25) is 5.02 Å². The van der Waals surface area contributed by atoms with E-state index >= 15 is 0 Å². The first-order chi connectivity index (χ1) is 9.13. The molecule has 2 rings (SSSR count). The maximum atomic E-state index is 12.1. The standard InChI is InChI=1S/C12H15ClN4O2/c1-3-7(4-2)17-10-8(5-15-19)9(13)6-14-11(10)16-12(17)18/h6-7H,3-5H2,1-2H3,(H,14,16,18). The number of fused-ring (bicyclic) bond motifs is 1. The number of halogens is 1. The van der Waals surface area contributed by atoms with Gasteiger partial charge in [0, 0.05) is 17.8 Å². The Labute approximate surface area is 114 Å². The van der Waals surface area contributed by atoms with Crippen LogP contribution in [0.1, 0.15) is 38.3 Å². The van der Waals surface area contributed by atoms with Gasteiger partial charge in [-0.1, -0.05) is 30.6 Å². The summed E-state index contributed by atoms with van der Waals surface area (Å²) in [5.74, 6) is 0. The molecular weight excluding hydrogens is 268 g/mol. The molecule has 0 aliphatic heterocycles. The van der Waals surface area contributed by atoms with Crippen molar-refractivity contribution in [2.75, 3.05) is 0 Å². The van der Waals surface area contributed by atoms with Crippen molar-refractivity contribution in [3.8, 4) is 0 Å². The summed E-state index contributed by atoms with van der Waals surface area (Å²) in [4.78, 5) is 29.5. The van der Waals surface area contributed by atoms with E-state index in [1.54, 1.807) is 4.57 Å². The second-order valence-electron chi connectivity index (χ2n) is 4.34. The lowest BCUT2D eigenvalue weighted by atomic mass is 10.1. The van der Waals surface area contributed by atoms with Gasteiger partial charge in [0.2, 0.25) is 0 Å². The first-order valence-electron chi connectivity index (χ1n) is 6.20. The highest BCUT2D eigenvalue weighted by molar-refractivity contribution is 6.32. The molecule has 2 aromatic rings. The number of pyridine rings is 1. The molecule has 7 heteroatoms. The predicted octanol–water partition coefficient (Wildman–Crippen LogP) is 3.01. The number of imidazole rings is 1. The number of hydrogen-bond donors (Lipinski definition) is 1. The van der Waals surface area contributed by atoms with Gasteiger partial charge in [-0.05, 0) is 12.8 Å². The summed E-state index contributed by atoms with van der Waals surface area (Å²) in [6.45, 7) is 3.94. The minimum absolute atomic E-state index is 0.0481. The van der Waals surface area contributed by atoms with Crippen molar-refractivity contribution in [2.45, 2.75) is 39.3 Å². The molecule has 0 bridgehead atoms. The first-order valence-corrected chi connectivity index (χ1v) is 6.58. The fraction of sp³-hybridized carbons (Fsp3) is 0.500. The van der Waals surface area contributed by atoms with E-state index in [2.05, 4.69) is 15.1 Å². The quantitative estimate of drug-likeness (QED) is 0.856. The minimum atomic E-state index is -0.231. The summed E-state index contributed by atoms with van der Waals surface area (Å²) in [5.41, 5.74) is 1.35. The van der Waals surface area contributed by atoms with Crippen LogP contribution in [-0.2, 0) is 6.54 Å². The number of nitrogens with zero attached hydrogens (tertiary/aromatic N) is 3. The van der Waals surface area contributed by atoms with Crippen molar-refractivity contribution in [3.63, 3.8) is 0 Å². The summed E-state index contributed by atoms with van der Waals surface area (Å²) in [6, 6.07) is 0.0481. The Morgan fingerprint density at radius 3 is 2.74 bits per heavy atom. The summed E-state index contributed by atoms with van der Waals surface area (Å²) < 4.78 is 1.63. The molecule has 0 saturated heterocycles. The molecule has 0 atom stereocenters. The van der Waals surface area contributed by atoms with Crippen molar-refractivity contribution in [1.29, 1.82) is 0 Å². The molecule has 0 unspecified atom stereocenters. The molecule has 0 spiro atoms. The molecule has 102 valence electrons. The lowest BCUT2D eigenvalue weighted by Crippen LogP contribution is -2.22.